The zero-order valence-corrected chi connectivity index (χ0v) is 13.8. The topological polar surface area (TPSA) is 20.2 Å². The molecule has 1 aliphatic carbocycles. The average molecular weight is 294 g/mol. The maximum atomic E-state index is 9.65. The molecule has 1 fully saturated rings. The summed E-state index contributed by atoms with van der Waals surface area (Å²) in [6.45, 7) is 6.89. The van der Waals surface area contributed by atoms with Crippen LogP contribution >= 0.6 is 0 Å². The summed E-state index contributed by atoms with van der Waals surface area (Å²) >= 11 is 0. The Kier molecular flexibility index (Phi) is 3.99. The smallest absolute Gasteiger partial charge is 0.115 e. The van der Waals surface area contributed by atoms with Crippen LogP contribution in [0.15, 0.2) is 48.5 Å². The zero-order chi connectivity index (χ0) is 15.7. The molecule has 2 aromatic carbocycles. The summed E-state index contributed by atoms with van der Waals surface area (Å²) in [5.74, 6) is 1.79. The summed E-state index contributed by atoms with van der Waals surface area (Å²) in [7, 11) is 0. The highest BCUT2D eigenvalue weighted by atomic mass is 16.3. The van der Waals surface area contributed by atoms with Gasteiger partial charge in [-0.15, -0.1) is 0 Å². The highest BCUT2D eigenvalue weighted by molar-refractivity contribution is 5.42. The van der Waals surface area contributed by atoms with Gasteiger partial charge in [-0.2, -0.15) is 0 Å². The van der Waals surface area contributed by atoms with Gasteiger partial charge >= 0.3 is 0 Å². The molecule has 1 N–H and O–H groups in total. The van der Waals surface area contributed by atoms with Crippen molar-refractivity contribution in [2.75, 3.05) is 0 Å². The lowest BCUT2D eigenvalue weighted by Gasteiger charge is -2.44. The van der Waals surface area contributed by atoms with Crippen LogP contribution in [0.2, 0.25) is 0 Å². The maximum absolute atomic E-state index is 9.65. The minimum Gasteiger partial charge on any atom is -0.508 e. The number of phenolic OH excluding ortho intramolecular Hbond substituents is 1. The number of rotatable bonds is 2. The first-order chi connectivity index (χ1) is 10.5. The van der Waals surface area contributed by atoms with Gasteiger partial charge in [-0.3, -0.25) is 0 Å². The van der Waals surface area contributed by atoms with E-state index in [0.29, 0.717) is 5.75 Å². The molecule has 0 aromatic heterocycles. The van der Waals surface area contributed by atoms with E-state index in [1.165, 1.54) is 36.0 Å². The summed E-state index contributed by atoms with van der Waals surface area (Å²) in [5, 5.41) is 9.65. The summed E-state index contributed by atoms with van der Waals surface area (Å²) in [4.78, 5) is 0. The van der Waals surface area contributed by atoms with Gasteiger partial charge in [0.15, 0.2) is 0 Å². The van der Waals surface area contributed by atoms with E-state index in [1.807, 2.05) is 12.1 Å². The predicted octanol–water partition coefficient (Wildman–Crippen LogP) is 5.44. The van der Waals surface area contributed by atoms with Crippen molar-refractivity contribution in [2.45, 2.75) is 45.4 Å². The van der Waals surface area contributed by atoms with Gasteiger partial charge in [0.2, 0.25) is 0 Å². The molecule has 2 aromatic rings. The Morgan fingerprint density at radius 3 is 1.77 bits per heavy atom. The fourth-order valence-electron chi connectivity index (χ4n) is 4.42. The number of aryl methyl sites for hydroxylation is 1. The predicted molar refractivity (Wildman–Crippen MR) is 92.2 cm³/mol. The molecular formula is C21H26O. The minimum absolute atomic E-state index is 0.0818. The fourth-order valence-corrected chi connectivity index (χ4v) is 4.42. The molecule has 1 heteroatoms. The van der Waals surface area contributed by atoms with Gasteiger partial charge in [-0.25, -0.2) is 0 Å². The van der Waals surface area contributed by atoms with E-state index in [2.05, 4.69) is 57.2 Å². The fraction of sp³-hybridized carbons (Fsp3) is 0.429. The first-order valence-corrected chi connectivity index (χ1v) is 8.36. The van der Waals surface area contributed by atoms with Gasteiger partial charge in [-0.1, -0.05) is 55.8 Å². The van der Waals surface area contributed by atoms with Crippen LogP contribution < -0.4 is 0 Å². The Morgan fingerprint density at radius 2 is 1.27 bits per heavy atom. The van der Waals surface area contributed by atoms with Gasteiger partial charge in [0, 0.05) is 5.41 Å². The summed E-state index contributed by atoms with van der Waals surface area (Å²) in [5.41, 5.74) is 4.15. The van der Waals surface area contributed by atoms with E-state index in [1.54, 1.807) is 0 Å². The Labute approximate surface area is 134 Å². The lowest BCUT2D eigenvalue weighted by Crippen LogP contribution is -2.36. The van der Waals surface area contributed by atoms with Crippen LogP contribution in [0.5, 0.6) is 5.75 Å². The second-order valence-corrected chi connectivity index (χ2v) is 7.35. The molecule has 0 amide bonds. The lowest BCUT2D eigenvalue weighted by molar-refractivity contribution is 0.210. The second kappa shape index (κ2) is 5.79. The monoisotopic (exact) mass is 294 g/mol. The molecule has 2 unspecified atom stereocenters. The first kappa shape index (κ1) is 15.1. The third kappa shape index (κ3) is 2.77. The Bertz CT molecular complexity index is 566. The zero-order valence-electron chi connectivity index (χ0n) is 13.8. The van der Waals surface area contributed by atoms with Crippen molar-refractivity contribution in [3.63, 3.8) is 0 Å². The normalized spacial score (nSPS) is 28.5. The van der Waals surface area contributed by atoms with Crippen LogP contribution in [0.25, 0.3) is 0 Å². The second-order valence-electron chi connectivity index (χ2n) is 7.35. The SMILES string of the molecule is Cc1ccc(C2(c3ccc(O)cc3)CC(C)CC(C)C2)cc1. The molecule has 1 aliphatic rings. The Hall–Kier alpha value is -1.76. The number of hydrogen-bond donors (Lipinski definition) is 1. The van der Waals surface area contributed by atoms with Crippen molar-refractivity contribution in [1.82, 2.24) is 0 Å². The molecule has 0 heterocycles. The summed E-state index contributed by atoms with van der Waals surface area (Å²) < 4.78 is 0. The molecule has 0 spiro atoms. The van der Waals surface area contributed by atoms with Gasteiger partial charge in [0.25, 0.3) is 0 Å². The van der Waals surface area contributed by atoms with Crippen molar-refractivity contribution >= 4 is 0 Å². The van der Waals surface area contributed by atoms with E-state index in [4.69, 9.17) is 0 Å². The molecule has 1 saturated carbocycles. The molecule has 0 aliphatic heterocycles. The van der Waals surface area contributed by atoms with Crippen molar-refractivity contribution in [1.29, 1.82) is 0 Å². The Morgan fingerprint density at radius 1 is 0.818 bits per heavy atom. The molecule has 116 valence electrons. The van der Waals surface area contributed by atoms with E-state index < -0.39 is 0 Å². The number of phenols is 1. The quantitative estimate of drug-likeness (QED) is 0.781. The average Bonchev–Trinajstić information content (AvgIpc) is 2.47. The van der Waals surface area contributed by atoms with Crippen LogP contribution in [-0.4, -0.2) is 5.11 Å². The van der Waals surface area contributed by atoms with E-state index in [0.717, 1.165) is 11.8 Å². The highest BCUT2D eigenvalue weighted by Crippen LogP contribution is 2.49. The first-order valence-electron chi connectivity index (χ1n) is 8.36. The third-order valence-electron chi connectivity index (χ3n) is 5.22. The highest BCUT2D eigenvalue weighted by Gasteiger charge is 2.40. The van der Waals surface area contributed by atoms with Crippen LogP contribution in [-0.2, 0) is 5.41 Å². The molecular weight excluding hydrogens is 268 g/mol. The standard InChI is InChI=1S/C21H26O/c1-15-4-6-18(7-5-15)21(13-16(2)12-17(3)14-21)19-8-10-20(22)11-9-19/h4-11,16-17,22H,12-14H2,1-3H3. The van der Waals surface area contributed by atoms with Crippen molar-refractivity contribution in [3.8, 4) is 5.75 Å². The van der Waals surface area contributed by atoms with E-state index in [-0.39, 0.29) is 5.41 Å². The Balaban J connectivity index is 2.12. The van der Waals surface area contributed by atoms with Gasteiger partial charge in [-0.05, 0) is 61.3 Å². The largest absolute Gasteiger partial charge is 0.508 e. The van der Waals surface area contributed by atoms with Gasteiger partial charge < -0.3 is 5.11 Å². The van der Waals surface area contributed by atoms with E-state index >= 15 is 0 Å². The third-order valence-corrected chi connectivity index (χ3v) is 5.22. The van der Waals surface area contributed by atoms with Gasteiger partial charge in [0.1, 0.15) is 5.75 Å². The summed E-state index contributed by atoms with van der Waals surface area (Å²) in [6.07, 6.45) is 3.68. The van der Waals surface area contributed by atoms with Gasteiger partial charge in [0.05, 0.1) is 0 Å². The van der Waals surface area contributed by atoms with Crippen LogP contribution in [0, 0.1) is 18.8 Å². The van der Waals surface area contributed by atoms with E-state index in [9.17, 15) is 5.11 Å². The molecule has 1 nitrogen and oxygen atoms in total. The summed E-state index contributed by atoms with van der Waals surface area (Å²) in [6, 6.07) is 16.9. The molecule has 0 saturated heterocycles. The molecule has 0 radical (unpaired) electrons. The number of benzene rings is 2. The van der Waals surface area contributed by atoms with Crippen molar-refractivity contribution in [3.05, 3.63) is 65.2 Å². The van der Waals surface area contributed by atoms with Crippen molar-refractivity contribution in [2.24, 2.45) is 11.8 Å². The van der Waals surface area contributed by atoms with Crippen LogP contribution in [0.3, 0.4) is 0 Å². The number of aromatic hydroxyl groups is 1. The van der Waals surface area contributed by atoms with Crippen LogP contribution in [0.4, 0.5) is 0 Å². The van der Waals surface area contributed by atoms with Crippen molar-refractivity contribution < 1.29 is 5.11 Å². The molecule has 0 bridgehead atoms. The number of hydrogen-bond acceptors (Lipinski definition) is 1. The van der Waals surface area contributed by atoms with Crippen LogP contribution in [0.1, 0.15) is 49.8 Å². The molecule has 22 heavy (non-hydrogen) atoms. The maximum Gasteiger partial charge on any atom is 0.115 e. The lowest BCUT2D eigenvalue weighted by atomic mass is 9.60. The minimum atomic E-state index is 0.0818. The molecule has 2 atom stereocenters. The molecule has 3 rings (SSSR count).